The van der Waals surface area contributed by atoms with Gasteiger partial charge in [0.1, 0.15) is 0 Å². The molecule has 1 rings (SSSR count). The second-order valence-electron chi connectivity index (χ2n) is 6.80. The Hall–Kier alpha value is -0.0300. The molecular weight excluding hydrogens is 309 g/mol. The third-order valence-corrected chi connectivity index (χ3v) is 4.06. The van der Waals surface area contributed by atoms with E-state index in [1.807, 2.05) is 6.92 Å². The molecular formula is C15H33Cl2N3O. The van der Waals surface area contributed by atoms with Crippen molar-refractivity contribution >= 4 is 30.7 Å². The van der Waals surface area contributed by atoms with Gasteiger partial charge in [-0.15, -0.1) is 24.8 Å². The quantitative estimate of drug-likeness (QED) is 0.780. The predicted octanol–water partition coefficient (Wildman–Crippen LogP) is 2.58. The number of piperidine rings is 1. The number of rotatable bonds is 6. The van der Waals surface area contributed by atoms with E-state index < -0.39 is 0 Å². The van der Waals surface area contributed by atoms with Crippen molar-refractivity contribution in [2.75, 3.05) is 19.6 Å². The number of nitrogens with zero attached hydrogens (tertiary/aromatic N) is 1. The van der Waals surface area contributed by atoms with Crippen molar-refractivity contribution in [2.45, 2.75) is 65.0 Å². The zero-order chi connectivity index (χ0) is 14.5. The van der Waals surface area contributed by atoms with Crippen LogP contribution in [0.1, 0.15) is 53.4 Å². The van der Waals surface area contributed by atoms with Gasteiger partial charge in [0, 0.05) is 31.1 Å². The van der Waals surface area contributed by atoms with Crippen LogP contribution in [-0.4, -0.2) is 42.0 Å². The molecule has 1 heterocycles. The van der Waals surface area contributed by atoms with Crippen LogP contribution in [-0.2, 0) is 4.79 Å². The van der Waals surface area contributed by atoms with Crippen LogP contribution in [0.3, 0.4) is 0 Å². The molecule has 3 N–H and O–H groups in total. The number of carbonyl (C=O) groups is 1. The van der Waals surface area contributed by atoms with Gasteiger partial charge in [-0.2, -0.15) is 0 Å². The smallest absolute Gasteiger partial charge is 0.220 e. The summed E-state index contributed by atoms with van der Waals surface area (Å²) in [5, 5.41) is 3.05. The van der Waals surface area contributed by atoms with Crippen LogP contribution in [0.15, 0.2) is 0 Å². The molecule has 1 amide bonds. The topological polar surface area (TPSA) is 58.4 Å². The molecule has 2 unspecified atom stereocenters. The minimum Gasteiger partial charge on any atom is -0.354 e. The fourth-order valence-electron chi connectivity index (χ4n) is 2.61. The number of carbonyl (C=O) groups excluding carboxylic acids is 1. The van der Waals surface area contributed by atoms with Crippen LogP contribution >= 0.6 is 24.8 Å². The van der Waals surface area contributed by atoms with E-state index in [9.17, 15) is 4.79 Å². The van der Waals surface area contributed by atoms with Crippen molar-refractivity contribution in [1.82, 2.24) is 10.2 Å². The van der Waals surface area contributed by atoms with Crippen LogP contribution in [0, 0.1) is 5.92 Å². The highest BCUT2D eigenvalue weighted by Gasteiger charge is 2.30. The SMILES string of the molecule is CC(N)CCC(=O)NCC(C)(C)N1CCCC(C)C1.Cl.Cl. The fourth-order valence-corrected chi connectivity index (χ4v) is 2.61. The summed E-state index contributed by atoms with van der Waals surface area (Å²) in [5.41, 5.74) is 5.71. The van der Waals surface area contributed by atoms with E-state index in [2.05, 4.69) is 31.0 Å². The number of amides is 1. The Bertz CT molecular complexity index is 299. The molecule has 21 heavy (non-hydrogen) atoms. The molecule has 0 radical (unpaired) electrons. The maximum absolute atomic E-state index is 11.8. The maximum atomic E-state index is 11.8. The molecule has 4 nitrogen and oxygen atoms in total. The van der Waals surface area contributed by atoms with Crippen molar-refractivity contribution in [2.24, 2.45) is 11.7 Å². The van der Waals surface area contributed by atoms with Crippen LogP contribution in [0.2, 0.25) is 0 Å². The van der Waals surface area contributed by atoms with Gasteiger partial charge in [0.25, 0.3) is 0 Å². The monoisotopic (exact) mass is 341 g/mol. The van der Waals surface area contributed by atoms with Gasteiger partial charge in [-0.3, -0.25) is 9.69 Å². The van der Waals surface area contributed by atoms with E-state index in [0.717, 1.165) is 32.0 Å². The molecule has 1 fully saturated rings. The number of nitrogens with one attached hydrogen (secondary N) is 1. The number of nitrogens with two attached hydrogens (primary N) is 1. The van der Waals surface area contributed by atoms with Crippen LogP contribution < -0.4 is 11.1 Å². The Morgan fingerprint density at radius 3 is 2.57 bits per heavy atom. The molecule has 0 aromatic rings. The number of hydrogen-bond donors (Lipinski definition) is 2. The molecule has 1 aliphatic rings. The normalized spacial score (nSPS) is 20.9. The second kappa shape index (κ2) is 10.7. The molecule has 0 bridgehead atoms. The predicted molar refractivity (Wildman–Crippen MR) is 94.4 cm³/mol. The van der Waals surface area contributed by atoms with Crippen molar-refractivity contribution in [1.29, 1.82) is 0 Å². The number of likely N-dealkylation sites (tertiary alicyclic amines) is 1. The Morgan fingerprint density at radius 1 is 1.43 bits per heavy atom. The third-order valence-electron chi connectivity index (χ3n) is 4.06. The summed E-state index contributed by atoms with van der Waals surface area (Å²) in [6, 6.07) is 0.0988. The van der Waals surface area contributed by atoms with Gasteiger partial charge in [-0.05, 0) is 52.5 Å². The van der Waals surface area contributed by atoms with E-state index in [1.54, 1.807) is 0 Å². The minimum atomic E-state index is 0. The van der Waals surface area contributed by atoms with Gasteiger partial charge in [0.15, 0.2) is 0 Å². The zero-order valence-electron chi connectivity index (χ0n) is 13.9. The van der Waals surface area contributed by atoms with Crippen LogP contribution in [0.4, 0.5) is 0 Å². The fraction of sp³-hybridized carbons (Fsp3) is 0.933. The van der Waals surface area contributed by atoms with Gasteiger partial charge < -0.3 is 11.1 Å². The van der Waals surface area contributed by atoms with E-state index in [1.165, 1.54) is 12.8 Å². The summed E-state index contributed by atoms with van der Waals surface area (Å²) >= 11 is 0. The third kappa shape index (κ3) is 8.87. The second-order valence-corrected chi connectivity index (χ2v) is 6.80. The highest BCUT2D eigenvalue weighted by molar-refractivity contribution is 5.85. The highest BCUT2D eigenvalue weighted by Crippen LogP contribution is 2.23. The summed E-state index contributed by atoms with van der Waals surface area (Å²) in [6.45, 7) is 11.7. The molecule has 2 atom stereocenters. The molecule has 6 heteroatoms. The van der Waals surface area contributed by atoms with Gasteiger partial charge in [-0.25, -0.2) is 0 Å². The Morgan fingerprint density at radius 2 is 2.05 bits per heavy atom. The summed E-state index contributed by atoms with van der Waals surface area (Å²) in [7, 11) is 0. The first-order valence-electron chi connectivity index (χ1n) is 7.58. The zero-order valence-corrected chi connectivity index (χ0v) is 15.5. The molecule has 0 aromatic carbocycles. The maximum Gasteiger partial charge on any atom is 0.220 e. The van der Waals surface area contributed by atoms with Crippen LogP contribution in [0.5, 0.6) is 0 Å². The van der Waals surface area contributed by atoms with Gasteiger partial charge in [0.05, 0.1) is 0 Å². The first-order valence-corrected chi connectivity index (χ1v) is 7.58. The van der Waals surface area contributed by atoms with E-state index in [0.29, 0.717) is 6.42 Å². The van der Waals surface area contributed by atoms with Crippen LogP contribution in [0.25, 0.3) is 0 Å². The lowest BCUT2D eigenvalue weighted by Gasteiger charge is -2.43. The summed E-state index contributed by atoms with van der Waals surface area (Å²) < 4.78 is 0. The highest BCUT2D eigenvalue weighted by atomic mass is 35.5. The molecule has 0 aromatic heterocycles. The molecule has 0 spiro atoms. The van der Waals surface area contributed by atoms with Crippen molar-refractivity contribution in [3.05, 3.63) is 0 Å². The Balaban J connectivity index is 0. The molecule has 128 valence electrons. The molecule has 1 saturated heterocycles. The lowest BCUT2D eigenvalue weighted by Crippen LogP contribution is -2.54. The van der Waals surface area contributed by atoms with Gasteiger partial charge in [-0.1, -0.05) is 6.92 Å². The summed E-state index contributed by atoms with van der Waals surface area (Å²) in [6.07, 6.45) is 3.88. The summed E-state index contributed by atoms with van der Waals surface area (Å²) in [5.74, 6) is 0.886. The largest absolute Gasteiger partial charge is 0.354 e. The van der Waals surface area contributed by atoms with Crippen molar-refractivity contribution in [3.63, 3.8) is 0 Å². The van der Waals surface area contributed by atoms with Gasteiger partial charge >= 0.3 is 0 Å². The molecule has 1 aliphatic heterocycles. The summed E-state index contributed by atoms with van der Waals surface area (Å²) in [4.78, 5) is 14.3. The van der Waals surface area contributed by atoms with E-state index in [4.69, 9.17) is 5.73 Å². The van der Waals surface area contributed by atoms with Crippen molar-refractivity contribution in [3.8, 4) is 0 Å². The Labute approximate surface area is 142 Å². The number of halogens is 2. The average Bonchev–Trinajstić information content (AvgIpc) is 2.34. The first kappa shape index (κ1) is 23.2. The minimum absolute atomic E-state index is 0. The average molecular weight is 342 g/mol. The van der Waals surface area contributed by atoms with Crippen molar-refractivity contribution < 1.29 is 4.79 Å². The Kier molecular flexibility index (Phi) is 11.8. The molecule has 0 aliphatic carbocycles. The standard InChI is InChI=1S/C15H31N3O.2ClH/c1-12-6-5-9-18(10-12)15(3,4)11-17-14(19)8-7-13(2)16;;/h12-13H,5-11,16H2,1-4H3,(H,17,19);2*1H. The van der Waals surface area contributed by atoms with Gasteiger partial charge in [0.2, 0.25) is 5.91 Å². The van der Waals surface area contributed by atoms with E-state index in [-0.39, 0.29) is 42.3 Å². The lowest BCUT2D eigenvalue weighted by molar-refractivity contribution is -0.121. The molecule has 0 saturated carbocycles. The number of hydrogen-bond acceptors (Lipinski definition) is 3. The lowest BCUT2D eigenvalue weighted by atomic mass is 9.93. The van der Waals surface area contributed by atoms with E-state index >= 15 is 0 Å². The first-order chi connectivity index (χ1) is 8.81.